The van der Waals surface area contributed by atoms with Crippen molar-refractivity contribution in [2.45, 2.75) is 13.0 Å². The summed E-state index contributed by atoms with van der Waals surface area (Å²) in [6, 6.07) is 5.62. The van der Waals surface area contributed by atoms with Crippen LogP contribution in [0.4, 0.5) is 5.69 Å². The van der Waals surface area contributed by atoms with Gasteiger partial charge in [-0.3, -0.25) is 9.69 Å². The third-order valence-corrected chi connectivity index (χ3v) is 4.27. The van der Waals surface area contributed by atoms with Crippen molar-refractivity contribution in [1.29, 1.82) is 0 Å². The second-order valence-corrected chi connectivity index (χ2v) is 6.06. The van der Waals surface area contributed by atoms with Crippen molar-refractivity contribution in [1.82, 2.24) is 9.80 Å². The molecule has 0 saturated carbocycles. The molecule has 2 rings (SSSR count). The van der Waals surface area contributed by atoms with Crippen LogP contribution in [0.2, 0.25) is 5.02 Å². The summed E-state index contributed by atoms with van der Waals surface area (Å²) >= 11 is 6.03. The molecule has 1 amide bonds. The third kappa shape index (κ3) is 4.12. The Bertz CT molecular complexity index is 518. The second-order valence-electron chi connectivity index (χ2n) is 5.62. The predicted molar refractivity (Wildman–Crippen MR) is 89.8 cm³/mol. The van der Waals surface area contributed by atoms with E-state index in [1.165, 1.54) is 0 Å². The first kappa shape index (κ1) is 17.1. The number of hydrogen-bond donors (Lipinski definition) is 1. The summed E-state index contributed by atoms with van der Waals surface area (Å²) in [6.45, 7) is 6.19. The quantitative estimate of drug-likeness (QED) is 0.901. The number of nitrogens with zero attached hydrogens (tertiary/aromatic N) is 2. The second kappa shape index (κ2) is 7.81. The van der Waals surface area contributed by atoms with Gasteiger partial charge >= 0.3 is 0 Å². The molecule has 22 heavy (non-hydrogen) atoms. The van der Waals surface area contributed by atoms with Gasteiger partial charge in [0.15, 0.2) is 0 Å². The van der Waals surface area contributed by atoms with Crippen LogP contribution >= 0.6 is 11.6 Å². The summed E-state index contributed by atoms with van der Waals surface area (Å²) in [5.74, 6) is -0.0213. The number of rotatable bonds is 5. The van der Waals surface area contributed by atoms with Crippen LogP contribution in [-0.4, -0.2) is 68.7 Å². The van der Waals surface area contributed by atoms with Crippen molar-refractivity contribution < 1.29 is 9.53 Å². The van der Waals surface area contributed by atoms with Crippen LogP contribution < -0.4 is 5.32 Å². The van der Waals surface area contributed by atoms with Crippen molar-refractivity contribution in [3.8, 4) is 0 Å². The summed E-state index contributed by atoms with van der Waals surface area (Å²) in [5, 5.41) is 3.61. The molecule has 1 saturated heterocycles. The maximum Gasteiger partial charge on any atom is 0.255 e. The monoisotopic (exact) mass is 325 g/mol. The van der Waals surface area contributed by atoms with E-state index in [9.17, 15) is 4.79 Å². The summed E-state index contributed by atoms with van der Waals surface area (Å²) in [7, 11) is 3.63. The molecule has 0 aliphatic carbocycles. The first-order chi connectivity index (χ1) is 10.5. The smallest absolute Gasteiger partial charge is 0.255 e. The van der Waals surface area contributed by atoms with Crippen LogP contribution in [0.15, 0.2) is 18.2 Å². The molecule has 5 nitrogen and oxygen atoms in total. The van der Waals surface area contributed by atoms with E-state index in [1.54, 1.807) is 24.1 Å². The van der Waals surface area contributed by atoms with Gasteiger partial charge in [-0.1, -0.05) is 11.6 Å². The molecule has 1 atom stereocenters. The zero-order valence-electron chi connectivity index (χ0n) is 13.4. The minimum Gasteiger partial charge on any atom is -0.387 e. The molecule has 0 spiro atoms. The molecular formula is C16H24ClN3O2. The molecule has 0 aromatic heterocycles. The minimum atomic E-state index is -0.0213. The van der Waals surface area contributed by atoms with Crippen LogP contribution in [0.25, 0.3) is 0 Å². The highest BCUT2D eigenvalue weighted by Crippen LogP contribution is 2.22. The summed E-state index contributed by atoms with van der Waals surface area (Å²) in [5.41, 5.74) is 1.40. The lowest BCUT2D eigenvalue weighted by atomic mass is 10.1. The molecule has 0 unspecified atom stereocenters. The molecule has 1 aromatic carbocycles. The Morgan fingerprint density at radius 1 is 1.45 bits per heavy atom. The van der Waals surface area contributed by atoms with E-state index in [2.05, 4.69) is 17.1 Å². The van der Waals surface area contributed by atoms with E-state index in [0.717, 1.165) is 32.0 Å². The van der Waals surface area contributed by atoms with Crippen LogP contribution in [0.3, 0.4) is 0 Å². The number of amides is 1. The van der Waals surface area contributed by atoms with E-state index >= 15 is 0 Å². The van der Waals surface area contributed by atoms with Gasteiger partial charge < -0.3 is 15.0 Å². The Morgan fingerprint density at radius 2 is 2.14 bits per heavy atom. The molecule has 0 bridgehead atoms. The Balaban J connectivity index is 2.03. The number of ether oxygens (including phenoxy) is 1. The largest absolute Gasteiger partial charge is 0.387 e. The van der Waals surface area contributed by atoms with Gasteiger partial charge in [0.2, 0.25) is 0 Å². The zero-order valence-corrected chi connectivity index (χ0v) is 14.2. The summed E-state index contributed by atoms with van der Waals surface area (Å²) < 4.78 is 5.37. The first-order valence-corrected chi connectivity index (χ1v) is 7.95. The van der Waals surface area contributed by atoms with Crippen LogP contribution in [0, 0.1) is 0 Å². The normalized spacial score (nSPS) is 17.1. The maximum atomic E-state index is 12.7. The number of nitrogens with one attached hydrogen (secondary N) is 1. The van der Waals surface area contributed by atoms with Crippen LogP contribution in [-0.2, 0) is 4.74 Å². The first-order valence-electron chi connectivity index (χ1n) is 7.57. The standard InChI is InChI=1S/C16H24ClN3O2/c1-12(20-6-8-22-9-7-20)11-19(3)16(21)14-10-13(17)4-5-15(14)18-2/h4-5,10,12,18H,6-9,11H2,1-3H3/t12-/m1/s1. The van der Waals surface area contributed by atoms with Gasteiger partial charge in [0.05, 0.1) is 18.8 Å². The zero-order chi connectivity index (χ0) is 16.1. The Morgan fingerprint density at radius 3 is 2.77 bits per heavy atom. The number of carbonyl (C=O) groups excluding carboxylic acids is 1. The number of hydrogen-bond acceptors (Lipinski definition) is 4. The molecule has 1 aliphatic heterocycles. The van der Waals surface area contributed by atoms with E-state index in [4.69, 9.17) is 16.3 Å². The number of anilines is 1. The molecule has 122 valence electrons. The molecule has 1 aromatic rings. The van der Waals surface area contributed by atoms with Gasteiger partial charge in [-0.05, 0) is 25.1 Å². The van der Waals surface area contributed by atoms with Crippen molar-refractivity contribution in [3.63, 3.8) is 0 Å². The Hall–Kier alpha value is -1.30. The average Bonchev–Trinajstić information content (AvgIpc) is 2.54. The Kier molecular flexibility index (Phi) is 6.06. The van der Waals surface area contributed by atoms with Crippen LogP contribution in [0.1, 0.15) is 17.3 Å². The number of benzene rings is 1. The molecule has 0 radical (unpaired) electrons. The maximum absolute atomic E-state index is 12.7. The van der Waals surface area contributed by atoms with Crippen LogP contribution in [0.5, 0.6) is 0 Å². The van der Waals surface area contributed by atoms with E-state index in [0.29, 0.717) is 23.2 Å². The van der Waals surface area contributed by atoms with Gasteiger partial charge in [-0.2, -0.15) is 0 Å². The fraction of sp³-hybridized carbons (Fsp3) is 0.562. The summed E-state index contributed by atoms with van der Waals surface area (Å²) in [4.78, 5) is 16.8. The number of likely N-dealkylation sites (N-methyl/N-ethyl adjacent to an activating group) is 1. The molecule has 6 heteroatoms. The fourth-order valence-corrected chi connectivity index (χ4v) is 2.90. The van der Waals surface area contributed by atoms with Gasteiger partial charge in [-0.15, -0.1) is 0 Å². The lowest BCUT2D eigenvalue weighted by Crippen LogP contribution is -2.47. The van der Waals surface area contributed by atoms with E-state index < -0.39 is 0 Å². The Labute approximate surface area is 137 Å². The highest BCUT2D eigenvalue weighted by molar-refractivity contribution is 6.31. The van der Waals surface area contributed by atoms with Gasteiger partial charge in [-0.25, -0.2) is 0 Å². The molecule has 1 heterocycles. The van der Waals surface area contributed by atoms with Crippen molar-refractivity contribution >= 4 is 23.2 Å². The van der Waals surface area contributed by atoms with Gasteiger partial charge in [0.1, 0.15) is 0 Å². The molecule has 1 N–H and O–H groups in total. The highest BCUT2D eigenvalue weighted by Gasteiger charge is 2.22. The SMILES string of the molecule is CNc1ccc(Cl)cc1C(=O)N(C)C[C@@H](C)N1CCOCC1. The van der Waals surface area contributed by atoms with E-state index in [-0.39, 0.29) is 5.91 Å². The predicted octanol–water partition coefficient (Wildman–Crippen LogP) is 2.17. The average molecular weight is 326 g/mol. The highest BCUT2D eigenvalue weighted by atomic mass is 35.5. The lowest BCUT2D eigenvalue weighted by Gasteiger charge is -2.34. The number of carbonyl (C=O) groups is 1. The summed E-state index contributed by atoms with van der Waals surface area (Å²) in [6.07, 6.45) is 0. The van der Waals surface area contributed by atoms with Crippen molar-refractivity contribution in [3.05, 3.63) is 28.8 Å². The minimum absolute atomic E-state index is 0.0213. The number of morpholine rings is 1. The van der Waals surface area contributed by atoms with Crippen molar-refractivity contribution in [2.24, 2.45) is 0 Å². The van der Waals surface area contributed by atoms with Gasteiger partial charge in [0.25, 0.3) is 5.91 Å². The lowest BCUT2D eigenvalue weighted by molar-refractivity contribution is 0.0142. The van der Waals surface area contributed by atoms with E-state index in [1.807, 2.05) is 13.1 Å². The molecule has 1 aliphatic rings. The molecular weight excluding hydrogens is 302 g/mol. The third-order valence-electron chi connectivity index (χ3n) is 4.04. The number of halogens is 1. The fourth-order valence-electron chi connectivity index (χ4n) is 2.73. The van der Waals surface area contributed by atoms with Crippen molar-refractivity contribution in [2.75, 3.05) is 52.3 Å². The molecule has 1 fully saturated rings. The van der Waals surface area contributed by atoms with Gasteiger partial charge in [0, 0.05) is 50.5 Å². The topological polar surface area (TPSA) is 44.8 Å².